The van der Waals surface area contributed by atoms with Gasteiger partial charge < -0.3 is 4.98 Å². The van der Waals surface area contributed by atoms with Gasteiger partial charge in [-0.3, -0.25) is 0 Å². The van der Waals surface area contributed by atoms with Crippen molar-refractivity contribution >= 4 is 10.0 Å². The van der Waals surface area contributed by atoms with Gasteiger partial charge in [0.1, 0.15) is 5.82 Å². The zero-order valence-corrected chi connectivity index (χ0v) is 12.9. The van der Waals surface area contributed by atoms with Gasteiger partial charge in [-0.2, -0.15) is 4.31 Å². The number of nitrogens with one attached hydrogen (secondary N) is 1. The van der Waals surface area contributed by atoms with Crippen LogP contribution in [-0.4, -0.2) is 35.8 Å². The number of aromatic nitrogens is 2. The second-order valence-corrected chi connectivity index (χ2v) is 7.13. The number of benzene rings is 1. The summed E-state index contributed by atoms with van der Waals surface area (Å²) in [6, 6.07) is 8.17. The van der Waals surface area contributed by atoms with E-state index in [0.29, 0.717) is 25.3 Å². The van der Waals surface area contributed by atoms with E-state index in [4.69, 9.17) is 0 Å². The summed E-state index contributed by atoms with van der Waals surface area (Å²) in [4.78, 5) is 7.00. The zero-order valence-electron chi connectivity index (χ0n) is 12.0. The highest BCUT2D eigenvalue weighted by Gasteiger charge is 2.28. The van der Waals surface area contributed by atoms with Crippen molar-refractivity contribution in [1.29, 1.82) is 0 Å². The Morgan fingerprint density at radius 3 is 2.33 bits per heavy atom. The molecule has 1 aromatic heterocycles. The maximum Gasteiger partial charge on any atom is 0.260 e. The Kier molecular flexibility index (Phi) is 3.82. The Morgan fingerprint density at radius 2 is 1.81 bits per heavy atom. The zero-order chi connectivity index (χ0) is 14.9. The van der Waals surface area contributed by atoms with Gasteiger partial charge in [0.25, 0.3) is 10.0 Å². The van der Waals surface area contributed by atoms with Crippen LogP contribution in [0, 0.1) is 0 Å². The second-order valence-electron chi connectivity index (χ2n) is 5.22. The quantitative estimate of drug-likeness (QED) is 0.939. The molecule has 21 heavy (non-hydrogen) atoms. The van der Waals surface area contributed by atoms with Crippen LogP contribution in [0.1, 0.15) is 23.9 Å². The molecule has 0 aliphatic carbocycles. The van der Waals surface area contributed by atoms with Gasteiger partial charge in [0.05, 0.1) is 6.20 Å². The standard InChI is InChI=1S/C15H19N3O2S/c1-2-14-16-11-15(17-14)21(19,20)18-9-7-12-5-3-4-6-13(12)8-10-18/h3-6,11H,2,7-10H2,1H3,(H,16,17). The lowest BCUT2D eigenvalue weighted by Crippen LogP contribution is -2.33. The van der Waals surface area contributed by atoms with Gasteiger partial charge in [0, 0.05) is 19.5 Å². The van der Waals surface area contributed by atoms with Gasteiger partial charge in [-0.05, 0) is 24.0 Å². The highest BCUT2D eigenvalue weighted by atomic mass is 32.2. The predicted octanol–water partition coefficient (Wildman–Crippen LogP) is 1.76. The first-order chi connectivity index (χ1) is 10.1. The molecule has 2 aromatic rings. The molecular weight excluding hydrogens is 286 g/mol. The van der Waals surface area contributed by atoms with Crippen molar-refractivity contribution < 1.29 is 8.42 Å². The lowest BCUT2D eigenvalue weighted by Gasteiger charge is -2.18. The number of nitrogens with zero attached hydrogens (tertiary/aromatic N) is 2. The SMILES string of the molecule is CCc1ncc(S(=O)(=O)N2CCc3ccccc3CC2)[nH]1. The molecule has 0 bridgehead atoms. The van der Waals surface area contributed by atoms with E-state index in [1.807, 2.05) is 19.1 Å². The molecule has 0 spiro atoms. The van der Waals surface area contributed by atoms with E-state index >= 15 is 0 Å². The molecule has 2 heterocycles. The summed E-state index contributed by atoms with van der Waals surface area (Å²) < 4.78 is 26.9. The number of aryl methyl sites for hydroxylation is 1. The molecule has 0 unspecified atom stereocenters. The Balaban J connectivity index is 1.84. The number of rotatable bonds is 3. The minimum atomic E-state index is -3.48. The van der Waals surface area contributed by atoms with Crippen LogP contribution in [0.25, 0.3) is 0 Å². The van der Waals surface area contributed by atoms with Crippen LogP contribution >= 0.6 is 0 Å². The summed E-state index contributed by atoms with van der Waals surface area (Å²) in [6.07, 6.45) is 3.63. The Labute approximate surface area is 125 Å². The van der Waals surface area contributed by atoms with Crippen molar-refractivity contribution in [3.05, 3.63) is 47.4 Å². The number of H-pyrrole nitrogens is 1. The van der Waals surface area contributed by atoms with Gasteiger partial charge in [-0.25, -0.2) is 13.4 Å². The number of sulfonamides is 1. The summed E-state index contributed by atoms with van der Waals surface area (Å²) in [5.74, 6) is 0.701. The van der Waals surface area contributed by atoms with Crippen LogP contribution in [0.2, 0.25) is 0 Å². The topological polar surface area (TPSA) is 66.1 Å². The molecule has 3 rings (SSSR count). The van der Waals surface area contributed by atoms with Crippen LogP contribution in [0.5, 0.6) is 0 Å². The van der Waals surface area contributed by atoms with Crippen LogP contribution in [-0.2, 0) is 29.3 Å². The summed E-state index contributed by atoms with van der Waals surface area (Å²) in [5, 5.41) is 0.199. The molecule has 1 aromatic carbocycles. The van der Waals surface area contributed by atoms with Gasteiger partial charge in [0.2, 0.25) is 0 Å². The number of hydrogen-bond donors (Lipinski definition) is 1. The molecule has 0 radical (unpaired) electrons. The van der Waals surface area contributed by atoms with Crippen molar-refractivity contribution in [2.24, 2.45) is 0 Å². The Bertz CT molecular complexity index is 710. The maximum atomic E-state index is 12.7. The van der Waals surface area contributed by atoms with Crippen molar-refractivity contribution in [2.45, 2.75) is 31.2 Å². The third kappa shape index (κ3) is 2.73. The third-order valence-electron chi connectivity index (χ3n) is 3.94. The Hall–Kier alpha value is -1.66. The van der Waals surface area contributed by atoms with Crippen LogP contribution in [0.3, 0.4) is 0 Å². The summed E-state index contributed by atoms with van der Waals surface area (Å²) in [7, 11) is -3.48. The van der Waals surface area contributed by atoms with Gasteiger partial charge in [0.15, 0.2) is 5.03 Å². The third-order valence-corrected chi connectivity index (χ3v) is 5.75. The number of aromatic amines is 1. The van der Waals surface area contributed by atoms with E-state index in [0.717, 1.165) is 12.8 Å². The largest absolute Gasteiger partial charge is 0.332 e. The van der Waals surface area contributed by atoms with Crippen molar-refractivity contribution in [3.63, 3.8) is 0 Å². The minimum absolute atomic E-state index is 0.199. The van der Waals surface area contributed by atoms with E-state index in [-0.39, 0.29) is 5.03 Å². The molecule has 5 nitrogen and oxygen atoms in total. The molecule has 1 N–H and O–H groups in total. The van der Waals surface area contributed by atoms with Gasteiger partial charge in [-0.15, -0.1) is 0 Å². The molecule has 1 aliphatic rings. The highest BCUT2D eigenvalue weighted by molar-refractivity contribution is 7.89. The fourth-order valence-electron chi connectivity index (χ4n) is 2.68. The molecular formula is C15H19N3O2S. The van der Waals surface area contributed by atoms with E-state index in [1.54, 1.807) is 4.31 Å². The lowest BCUT2D eigenvalue weighted by atomic mass is 10.0. The van der Waals surface area contributed by atoms with E-state index in [2.05, 4.69) is 22.1 Å². The van der Waals surface area contributed by atoms with Crippen molar-refractivity contribution in [3.8, 4) is 0 Å². The van der Waals surface area contributed by atoms with Crippen LogP contribution < -0.4 is 0 Å². The minimum Gasteiger partial charge on any atom is -0.332 e. The second kappa shape index (κ2) is 5.61. The molecule has 0 fully saturated rings. The number of imidazole rings is 1. The molecule has 0 saturated carbocycles. The first-order valence-electron chi connectivity index (χ1n) is 7.22. The van der Waals surface area contributed by atoms with Crippen LogP contribution in [0.15, 0.2) is 35.5 Å². The van der Waals surface area contributed by atoms with E-state index in [1.165, 1.54) is 17.3 Å². The average Bonchev–Trinajstić information content (AvgIpc) is 2.87. The molecule has 0 atom stereocenters. The van der Waals surface area contributed by atoms with Crippen molar-refractivity contribution in [2.75, 3.05) is 13.1 Å². The maximum absolute atomic E-state index is 12.7. The highest BCUT2D eigenvalue weighted by Crippen LogP contribution is 2.20. The fourth-order valence-corrected chi connectivity index (χ4v) is 4.06. The molecule has 1 aliphatic heterocycles. The Morgan fingerprint density at radius 1 is 1.19 bits per heavy atom. The predicted molar refractivity (Wildman–Crippen MR) is 80.6 cm³/mol. The summed E-state index contributed by atoms with van der Waals surface area (Å²) in [6.45, 7) is 2.97. The van der Waals surface area contributed by atoms with E-state index in [9.17, 15) is 8.42 Å². The van der Waals surface area contributed by atoms with Gasteiger partial charge >= 0.3 is 0 Å². The summed E-state index contributed by atoms with van der Waals surface area (Å²) in [5.41, 5.74) is 2.49. The van der Waals surface area contributed by atoms with E-state index < -0.39 is 10.0 Å². The molecule has 6 heteroatoms. The van der Waals surface area contributed by atoms with Gasteiger partial charge in [-0.1, -0.05) is 31.2 Å². The lowest BCUT2D eigenvalue weighted by molar-refractivity contribution is 0.424. The first kappa shape index (κ1) is 14.3. The molecule has 112 valence electrons. The molecule has 0 saturated heterocycles. The molecule has 0 amide bonds. The monoisotopic (exact) mass is 305 g/mol. The normalized spacial score (nSPS) is 16.4. The smallest absolute Gasteiger partial charge is 0.260 e. The average molecular weight is 305 g/mol. The fraction of sp³-hybridized carbons (Fsp3) is 0.400. The van der Waals surface area contributed by atoms with Crippen molar-refractivity contribution in [1.82, 2.24) is 14.3 Å². The first-order valence-corrected chi connectivity index (χ1v) is 8.66. The summed E-state index contributed by atoms with van der Waals surface area (Å²) >= 11 is 0. The number of fused-ring (bicyclic) bond motifs is 1. The number of hydrogen-bond acceptors (Lipinski definition) is 3. The van der Waals surface area contributed by atoms with Crippen LogP contribution in [0.4, 0.5) is 0 Å².